The quantitative estimate of drug-likeness (QED) is 0.347. The lowest BCUT2D eigenvalue weighted by Crippen LogP contribution is -2.24. The van der Waals surface area contributed by atoms with Crippen molar-refractivity contribution >= 4 is 34.1 Å². The molecule has 4 rings (SSSR count). The van der Waals surface area contributed by atoms with Crippen LogP contribution in [0.4, 0.5) is 26.4 Å². The van der Waals surface area contributed by atoms with Crippen LogP contribution in [0.2, 0.25) is 0 Å². The molecule has 8 nitrogen and oxygen atoms in total. The number of nitrogens with one attached hydrogen (secondary N) is 3. The zero-order valence-corrected chi connectivity index (χ0v) is 21.6. The SMILES string of the molecule is CNc1cc2c(cn1)cc(-c1cc(NC(=O)Nc3ccn(C(C)(C)C)c3C)c(F)cc1C)c(=O)n2C. The Bertz CT molecular complexity index is 1540. The molecule has 0 spiro atoms. The van der Waals surface area contributed by atoms with Gasteiger partial charge in [0.1, 0.15) is 11.6 Å². The molecule has 3 aromatic heterocycles. The van der Waals surface area contributed by atoms with Crippen molar-refractivity contribution in [1.82, 2.24) is 14.1 Å². The smallest absolute Gasteiger partial charge is 0.323 e. The topological polar surface area (TPSA) is 93.0 Å². The molecule has 188 valence electrons. The first-order chi connectivity index (χ1) is 16.9. The van der Waals surface area contributed by atoms with Crippen LogP contribution in [0.3, 0.4) is 0 Å². The van der Waals surface area contributed by atoms with Gasteiger partial charge in [0.15, 0.2) is 0 Å². The van der Waals surface area contributed by atoms with E-state index in [1.807, 2.05) is 19.2 Å². The average molecular weight is 491 g/mol. The van der Waals surface area contributed by atoms with Crippen LogP contribution < -0.4 is 21.5 Å². The average Bonchev–Trinajstić information content (AvgIpc) is 3.18. The minimum absolute atomic E-state index is 0.0215. The summed E-state index contributed by atoms with van der Waals surface area (Å²) in [6, 6.07) is 7.59. The highest BCUT2D eigenvalue weighted by Gasteiger charge is 2.19. The second-order valence-electron chi connectivity index (χ2n) is 9.88. The lowest BCUT2D eigenvalue weighted by Gasteiger charge is -2.23. The van der Waals surface area contributed by atoms with E-state index < -0.39 is 11.8 Å². The molecule has 4 aromatic rings. The standard InChI is InChI=1S/C27H31FN6O2/c1-15-10-20(28)22(32-26(36)31-21-8-9-34(16(21)2)27(3,4)5)12-18(15)19-11-17-14-30-24(29-6)13-23(17)33(7)25(19)35/h8-14H,1-7H3,(H,29,30)(H2,31,32,36). The fourth-order valence-electron chi connectivity index (χ4n) is 4.40. The molecule has 0 unspecified atom stereocenters. The maximum Gasteiger partial charge on any atom is 0.323 e. The molecule has 0 aliphatic rings. The number of rotatable bonds is 4. The molecule has 9 heteroatoms. The van der Waals surface area contributed by atoms with Crippen molar-refractivity contribution in [2.45, 2.75) is 40.2 Å². The van der Waals surface area contributed by atoms with E-state index in [-0.39, 0.29) is 16.8 Å². The summed E-state index contributed by atoms with van der Waals surface area (Å²) >= 11 is 0. The van der Waals surface area contributed by atoms with Crippen LogP contribution in [0, 0.1) is 19.7 Å². The van der Waals surface area contributed by atoms with Crippen molar-refractivity contribution in [3.05, 3.63) is 70.2 Å². The number of hydrogen-bond acceptors (Lipinski definition) is 4. The summed E-state index contributed by atoms with van der Waals surface area (Å²) in [5.41, 5.74) is 3.33. The fraction of sp³-hybridized carbons (Fsp3) is 0.296. The van der Waals surface area contributed by atoms with Crippen LogP contribution in [0.1, 0.15) is 32.0 Å². The number of pyridine rings is 2. The highest BCUT2D eigenvalue weighted by Crippen LogP contribution is 2.30. The second kappa shape index (κ2) is 9.14. The van der Waals surface area contributed by atoms with Crippen LogP contribution in [0.15, 0.2) is 47.5 Å². The Kier molecular flexibility index (Phi) is 6.34. The summed E-state index contributed by atoms with van der Waals surface area (Å²) in [6.45, 7) is 9.85. The summed E-state index contributed by atoms with van der Waals surface area (Å²) in [5, 5.41) is 9.12. The van der Waals surface area contributed by atoms with E-state index in [9.17, 15) is 14.0 Å². The predicted octanol–water partition coefficient (Wildman–Crippen LogP) is 5.60. The molecule has 0 radical (unpaired) electrons. The Hall–Kier alpha value is -4.14. The molecule has 36 heavy (non-hydrogen) atoms. The number of aromatic nitrogens is 3. The Morgan fingerprint density at radius 2 is 1.72 bits per heavy atom. The van der Waals surface area contributed by atoms with Gasteiger partial charge < -0.3 is 25.1 Å². The van der Waals surface area contributed by atoms with Gasteiger partial charge in [-0.3, -0.25) is 4.79 Å². The van der Waals surface area contributed by atoms with Crippen molar-refractivity contribution in [3.8, 4) is 11.1 Å². The fourth-order valence-corrected chi connectivity index (χ4v) is 4.40. The number of carbonyl (C=O) groups excluding carboxylic acids is 1. The molecular weight excluding hydrogens is 459 g/mol. The number of amides is 2. The summed E-state index contributed by atoms with van der Waals surface area (Å²) in [6.07, 6.45) is 3.58. The van der Waals surface area contributed by atoms with E-state index in [0.717, 1.165) is 16.6 Å². The first-order valence-corrected chi connectivity index (χ1v) is 11.6. The molecule has 2 amide bonds. The van der Waals surface area contributed by atoms with Gasteiger partial charge in [0.25, 0.3) is 5.56 Å². The van der Waals surface area contributed by atoms with Gasteiger partial charge in [0, 0.05) is 54.7 Å². The molecule has 1 aromatic carbocycles. The number of nitrogens with zero attached hydrogens (tertiary/aromatic N) is 3. The molecule has 0 aliphatic heterocycles. The Morgan fingerprint density at radius 1 is 1.03 bits per heavy atom. The van der Waals surface area contributed by atoms with E-state index >= 15 is 0 Å². The normalized spacial score (nSPS) is 11.6. The van der Waals surface area contributed by atoms with E-state index in [2.05, 4.69) is 46.3 Å². The van der Waals surface area contributed by atoms with Gasteiger partial charge in [-0.05, 0) is 70.0 Å². The van der Waals surface area contributed by atoms with Crippen molar-refractivity contribution in [2.24, 2.45) is 7.05 Å². The van der Waals surface area contributed by atoms with Gasteiger partial charge in [-0.1, -0.05) is 0 Å². The minimum atomic E-state index is -0.590. The number of carbonyl (C=O) groups is 1. The Labute approximate surface area is 209 Å². The number of anilines is 3. The van der Waals surface area contributed by atoms with Crippen LogP contribution in [-0.4, -0.2) is 27.2 Å². The van der Waals surface area contributed by atoms with Gasteiger partial charge in [0.2, 0.25) is 0 Å². The van der Waals surface area contributed by atoms with Gasteiger partial charge in [0.05, 0.1) is 16.9 Å². The van der Waals surface area contributed by atoms with Gasteiger partial charge in [-0.2, -0.15) is 0 Å². The van der Waals surface area contributed by atoms with Crippen LogP contribution in [0.5, 0.6) is 0 Å². The highest BCUT2D eigenvalue weighted by molar-refractivity contribution is 6.00. The lowest BCUT2D eigenvalue weighted by molar-refractivity contribution is 0.262. The third kappa shape index (κ3) is 4.56. The number of urea groups is 1. The zero-order valence-electron chi connectivity index (χ0n) is 21.6. The third-order valence-corrected chi connectivity index (χ3v) is 6.33. The summed E-state index contributed by atoms with van der Waals surface area (Å²) in [4.78, 5) is 30.3. The highest BCUT2D eigenvalue weighted by atomic mass is 19.1. The van der Waals surface area contributed by atoms with E-state index in [1.165, 1.54) is 12.1 Å². The number of benzene rings is 1. The predicted molar refractivity (Wildman–Crippen MR) is 143 cm³/mol. The van der Waals surface area contributed by atoms with Gasteiger partial charge in [-0.25, -0.2) is 14.2 Å². The number of aryl methyl sites for hydroxylation is 2. The molecule has 0 aliphatic carbocycles. The van der Waals surface area contributed by atoms with E-state index in [4.69, 9.17) is 0 Å². The largest absolute Gasteiger partial charge is 0.373 e. The van der Waals surface area contributed by atoms with Crippen LogP contribution in [0.25, 0.3) is 22.0 Å². The Balaban J connectivity index is 1.69. The molecule has 3 N–H and O–H groups in total. The van der Waals surface area contributed by atoms with Crippen molar-refractivity contribution < 1.29 is 9.18 Å². The molecule has 3 heterocycles. The maximum atomic E-state index is 14.9. The Morgan fingerprint density at radius 3 is 2.36 bits per heavy atom. The molecule has 0 saturated heterocycles. The van der Waals surface area contributed by atoms with Crippen molar-refractivity contribution in [3.63, 3.8) is 0 Å². The second-order valence-corrected chi connectivity index (χ2v) is 9.88. The van der Waals surface area contributed by atoms with Crippen molar-refractivity contribution in [2.75, 3.05) is 23.0 Å². The van der Waals surface area contributed by atoms with E-state index in [1.54, 1.807) is 43.9 Å². The summed E-state index contributed by atoms with van der Waals surface area (Å²) in [5.74, 6) is 0.0575. The molecule has 0 bridgehead atoms. The minimum Gasteiger partial charge on any atom is -0.373 e. The molecule has 0 fully saturated rings. The van der Waals surface area contributed by atoms with Crippen molar-refractivity contribution in [1.29, 1.82) is 0 Å². The number of hydrogen-bond donors (Lipinski definition) is 3. The lowest BCUT2D eigenvalue weighted by atomic mass is 9.99. The molecule has 0 atom stereocenters. The molecule has 0 saturated carbocycles. The number of halogens is 1. The summed E-state index contributed by atoms with van der Waals surface area (Å²) < 4.78 is 18.4. The van der Waals surface area contributed by atoms with E-state index in [0.29, 0.717) is 28.2 Å². The third-order valence-electron chi connectivity index (χ3n) is 6.33. The monoisotopic (exact) mass is 490 g/mol. The maximum absolute atomic E-state index is 14.9. The van der Waals surface area contributed by atoms with Crippen LogP contribution >= 0.6 is 0 Å². The first kappa shape index (κ1) is 25.0. The van der Waals surface area contributed by atoms with Gasteiger partial charge in [-0.15, -0.1) is 0 Å². The van der Waals surface area contributed by atoms with Crippen LogP contribution in [-0.2, 0) is 12.6 Å². The van der Waals surface area contributed by atoms with Gasteiger partial charge >= 0.3 is 6.03 Å². The summed E-state index contributed by atoms with van der Waals surface area (Å²) in [7, 11) is 3.44. The molecular formula is C27H31FN6O2. The number of fused-ring (bicyclic) bond motifs is 1. The zero-order chi connectivity index (χ0) is 26.4. The first-order valence-electron chi connectivity index (χ1n) is 11.6.